The number of esters is 1. The molecular weight excluding hydrogens is 532 g/mol. The zero-order valence-electron chi connectivity index (χ0n) is 27.6. The Morgan fingerprint density at radius 1 is 1.21 bits per heavy atom. The Morgan fingerprint density at radius 3 is 2.38 bits per heavy atom. The Kier molecular flexibility index (Phi) is 10.2. The molecule has 0 aromatic heterocycles. The Hall–Kier alpha value is -2.19. The number of hydrogen-bond donors (Lipinski definition) is 1. The van der Waals surface area contributed by atoms with E-state index in [9.17, 15) is 19.5 Å². The van der Waals surface area contributed by atoms with Crippen LogP contribution in [0.1, 0.15) is 94.4 Å². The van der Waals surface area contributed by atoms with Gasteiger partial charge in [0.25, 0.3) is 0 Å². The topological polar surface area (TPSA) is 96.4 Å². The van der Waals surface area contributed by atoms with Gasteiger partial charge in [-0.25, -0.2) is 0 Å². The molecule has 3 unspecified atom stereocenters. The fourth-order valence-electron chi connectivity index (χ4n) is 8.32. The van der Waals surface area contributed by atoms with Crippen LogP contribution in [0, 0.1) is 29.1 Å². The second kappa shape index (κ2) is 12.4. The van der Waals surface area contributed by atoms with E-state index in [0.29, 0.717) is 25.8 Å². The van der Waals surface area contributed by atoms with E-state index in [2.05, 4.69) is 33.9 Å². The van der Waals surface area contributed by atoms with Gasteiger partial charge in [0.15, 0.2) is 0 Å². The van der Waals surface area contributed by atoms with E-state index in [1.54, 1.807) is 17.1 Å². The van der Waals surface area contributed by atoms with Crippen molar-refractivity contribution < 1.29 is 29.0 Å². The van der Waals surface area contributed by atoms with Crippen molar-refractivity contribution in [2.75, 3.05) is 19.8 Å². The maximum absolute atomic E-state index is 15.0. The molecule has 3 aliphatic heterocycles. The van der Waals surface area contributed by atoms with Crippen LogP contribution >= 0.6 is 0 Å². The first kappa shape index (κ1) is 34.3. The molecule has 3 rings (SSSR count). The summed E-state index contributed by atoms with van der Waals surface area (Å²) in [6, 6.07) is -1.56. The van der Waals surface area contributed by atoms with E-state index in [4.69, 9.17) is 9.47 Å². The van der Waals surface area contributed by atoms with Crippen LogP contribution in [-0.4, -0.2) is 81.3 Å². The van der Waals surface area contributed by atoms with E-state index >= 15 is 0 Å². The summed E-state index contributed by atoms with van der Waals surface area (Å²) in [7, 11) is 0. The highest BCUT2D eigenvalue weighted by Crippen LogP contribution is 2.66. The van der Waals surface area contributed by atoms with E-state index in [-0.39, 0.29) is 42.3 Å². The third kappa shape index (κ3) is 6.08. The monoisotopic (exact) mass is 588 g/mol. The average Bonchev–Trinajstić information content (AvgIpc) is 3.38. The predicted octanol–water partition coefficient (Wildman–Crippen LogP) is 5.14. The number of carbonyl (C=O) groups excluding carboxylic acids is 3. The Morgan fingerprint density at radius 2 is 1.86 bits per heavy atom. The lowest BCUT2D eigenvalue weighted by molar-refractivity contribution is -0.165. The lowest BCUT2D eigenvalue weighted by Crippen LogP contribution is -2.62. The fraction of sp³-hybridized carbons (Fsp3) is 0.794. The maximum Gasteiger partial charge on any atom is 0.312 e. The first-order chi connectivity index (χ1) is 19.4. The van der Waals surface area contributed by atoms with Crippen LogP contribution in [0.15, 0.2) is 25.3 Å². The molecule has 7 atom stereocenters. The average molecular weight is 589 g/mol. The molecule has 2 bridgehead atoms. The largest absolute Gasteiger partial charge is 0.465 e. The molecule has 2 amide bonds. The van der Waals surface area contributed by atoms with Crippen LogP contribution in [-0.2, 0) is 23.9 Å². The van der Waals surface area contributed by atoms with E-state index in [1.165, 1.54) is 0 Å². The summed E-state index contributed by atoms with van der Waals surface area (Å²) >= 11 is 0. The molecule has 3 saturated heterocycles. The molecule has 1 spiro atoms. The van der Waals surface area contributed by atoms with Gasteiger partial charge in [-0.3, -0.25) is 14.4 Å². The molecule has 8 nitrogen and oxygen atoms in total. The third-order valence-corrected chi connectivity index (χ3v) is 9.66. The predicted molar refractivity (Wildman–Crippen MR) is 164 cm³/mol. The van der Waals surface area contributed by atoms with Crippen molar-refractivity contribution in [3.63, 3.8) is 0 Å². The number of rotatable bonds is 14. The molecule has 0 radical (unpaired) electrons. The number of unbranched alkanes of at least 4 members (excludes halogenated alkanes) is 1. The molecule has 0 aromatic carbocycles. The SMILES string of the molecule is C=CCCCOC(=O)[C@@H]1[C@H]2C(=O)N([C@@H](CO)CC(C)C)C(C(=O)N(CC=C)C(C)(C)CC(C)(C)C)C23CC(C)[C@@]1(C)O3. The number of likely N-dealkylation sites (tertiary alicyclic amines) is 1. The van der Waals surface area contributed by atoms with Crippen LogP contribution in [0.5, 0.6) is 0 Å². The summed E-state index contributed by atoms with van der Waals surface area (Å²) in [4.78, 5) is 46.7. The van der Waals surface area contributed by atoms with E-state index < -0.39 is 46.6 Å². The van der Waals surface area contributed by atoms with Gasteiger partial charge in [0.2, 0.25) is 11.8 Å². The highest BCUT2D eigenvalue weighted by molar-refractivity contribution is 5.99. The van der Waals surface area contributed by atoms with Crippen molar-refractivity contribution in [1.29, 1.82) is 0 Å². The number of fused-ring (bicyclic) bond motifs is 1. The van der Waals surface area contributed by atoms with Crippen molar-refractivity contribution in [2.45, 2.75) is 123 Å². The zero-order chi connectivity index (χ0) is 31.8. The number of amides is 2. The molecular formula is C34H56N2O6. The number of allylic oxidation sites excluding steroid dienone is 1. The summed E-state index contributed by atoms with van der Waals surface area (Å²) in [6.45, 7) is 26.4. The lowest BCUT2D eigenvalue weighted by Gasteiger charge is -2.46. The molecule has 3 aliphatic rings. The second-order valence-corrected chi connectivity index (χ2v) is 15.3. The van der Waals surface area contributed by atoms with Crippen molar-refractivity contribution in [2.24, 2.45) is 29.1 Å². The van der Waals surface area contributed by atoms with Gasteiger partial charge in [-0.15, -0.1) is 13.2 Å². The minimum atomic E-state index is -1.20. The van der Waals surface area contributed by atoms with Gasteiger partial charge in [0, 0.05) is 12.1 Å². The zero-order valence-corrected chi connectivity index (χ0v) is 27.6. The summed E-state index contributed by atoms with van der Waals surface area (Å²) in [5.74, 6) is -2.60. The highest BCUT2D eigenvalue weighted by Gasteiger charge is 2.81. The number of aliphatic hydroxyl groups excluding tert-OH is 1. The lowest BCUT2D eigenvalue weighted by atomic mass is 9.62. The number of carbonyl (C=O) groups is 3. The summed E-state index contributed by atoms with van der Waals surface area (Å²) < 4.78 is 12.6. The van der Waals surface area contributed by atoms with Gasteiger partial charge in [0.05, 0.1) is 30.8 Å². The molecule has 42 heavy (non-hydrogen) atoms. The van der Waals surface area contributed by atoms with Crippen molar-refractivity contribution in [3.8, 4) is 0 Å². The van der Waals surface area contributed by atoms with Crippen LogP contribution in [0.4, 0.5) is 0 Å². The highest BCUT2D eigenvalue weighted by atomic mass is 16.6. The molecule has 8 heteroatoms. The second-order valence-electron chi connectivity index (χ2n) is 15.3. The molecule has 1 N–H and O–H groups in total. The first-order valence-electron chi connectivity index (χ1n) is 15.7. The summed E-state index contributed by atoms with van der Waals surface area (Å²) in [6.07, 6.45) is 6.57. The molecule has 0 aliphatic carbocycles. The molecule has 238 valence electrons. The molecule has 0 aromatic rings. The van der Waals surface area contributed by atoms with Gasteiger partial charge >= 0.3 is 5.97 Å². The van der Waals surface area contributed by atoms with Gasteiger partial charge in [-0.2, -0.15) is 0 Å². The standard InChI is InChI=1S/C34H56N2O6/c1-12-14-15-17-41-30(40)26-25-28(38)36(24(20-37)18-22(3)4)27(34(25)19-23(5)33(26,11)42-34)29(39)35(16-13-2)32(9,10)21-31(6,7)8/h12-13,22-27,37H,1-2,14-21H2,3-11H3/t23?,24-,25+,26+,27?,33-,34?/m1/s1. The number of aliphatic hydroxyl groups is 1. The van der Waals surface area contributed by atoms with Crippen LogP contribution in [0.2, 0.25) is 0 Å². The van der Waals surface area contributed by atoms with E-state index in [0.717, 1.165) is 12.8 Å². The fourth-order valence-corrected chi connectivity index (χ4v) is 8.32. The Balaban J connectivity index is 2.16. The maximum atomic E-state index is 15.0. The number of hydrogen-bond acceptors (Lipinski definition) is 6. The summed E-state index contributed by atoms with van der Waals surface area (Å²) in [5.41, 5.74) is -2.77. The van der Waals surface area contributed by atoms with Gasteiger partial charge in [-0.05, 0) is 70.1 Å². The van der Waals surface area contributed by atoms with Crippen molar-refractivity contribution in [3.05, 3.63) is 25.3 Å². The van der Waals surface area contributed by atoms with Crippen molar-refractivity contribution >= 4 is 17.8 Å². The van der Waals surface area contributed by atoms with Crippen molar-refractivity contribution in [1.82, 2.24) is 9.80 Å². The molecule has 3 heterocycles. The normalized spacial score (nSPS) is 31.3. The molecule has 0 saturated carbocycles. The molecule has 3 fully saturated rings. The van der Waals surface area contributed by atoms with Crippen LogP contribution in [0.3, 0.4) is 0 Å². The number of nitrogens with zero attached hydrogens (tertiary/aromatic N) is 2. The summed E-state index contributed by atoms with van der Waals surface area (Å²) in [5, 5.41) is 10.6. The quantitative estimate of drug-likeness (QED) is 0.171. The van der Waals surface area contributed by atoms with Crippen LogP contribution in [0.25, 0.3) is 0 Å². The third-order valence-electron chi connectivity index (χ3n) is 9.66. The minimum Gasteiger partial charge on any atom is -0.465 e. The van der Waals surface area contributed by atoms with Gasteiger partial charge in [0.1, 0.15) is 17.6 Å². The first-order valence-corrected chi connectivity index (χ1v) is 15.7. The smallest absolute Gasteiger partial charge is 0.312 e. The van der Waals surface area contributed by atoms with Gasteiger partial charge < -0.3 is 24.4 Å². The Labute approximate surface area is 253 Å². The Bertz CT molecular complexity index is 1050. The van der Waals surface area contributed by atoms with Gasteiger partial charge in [-0.1, -0.05) is 53.7 Å². The van der Waals surface area contributed by atoms with E-state index in [1.807, 2.05) is 46.4 Å². The minimum absolute atomic E-state index is 0.0643. The number of ether oxygens (including phenoxy) is 2. The van der Waals surface area contributed by atoms with Crippen LogP contribution < -0.4 is 0 Å².